The van der Waals surface area contributed by atoms with Crippen LogP contribution < -0.4 is 5.73 Å². The van der Waals surface area contributed by atoms with Gasteiger partial charge in [0.2, 0.25) is 0 Å². The van der Waals surface area contributed by atoms with E-state index in [4.69, 9.17) is 28.9 Å². The molecule has 2 rings (SSSR count). The van der Waals surface area contributed by atoms with E-state index in [-0.39, 0.29) is 21.5 Å². The van der Waals surface area contributed by atoms with Crippen molar-refractivity contribution in [1.29, 1.82) is 0 Å². The van der Waals surface area contributed by atoms with Gasteiger partial charge in [-0.1, -0.05) is 23.2 Å². The lowest BCUT2D eigenvalue weighted by atomic mass is 10.1. The number of nitrogens with two attached hydrogens (primary N) is 1. The molecule has 8 heteroatoms. The highest BCUT2D eigenvalue weighted by Crippen LogP contribution is 2.29. The molecule has 1 heterocycles. The Morgan fingerprint density at radius 2 is 1.71 bits per heavy atom. The van der Waals surface area contributed by atoms with Gasteiger partial charge in [0, 0.05) is 31.9 Å². The number of nitrogens with zero attached hydrogens (tertiary/aromatic N) is 2. The number of hydrogen-bond donors (Lipinski definition) is 1. The van der Waals surface area contributed by atoms with Crippen molar-refractivity contribution < 1.29 is 14.3 Å². The Hall–Kier alpha value is -1.66. The van der Waals surface area contributed by atoms with Gasteiger partial charge in [-0.05, 0) is 12.1 Å². The molecule has 1 saturated heterocycles. The maximum absolute atomic E-state index is 12.5. The molecule has 6 nitrogen and oxygen atoms in total. The minimum Gasteiger partial charge on any atom is -0.453 e. The standard InChI is InChI=1S/C13H15Cl2N3O3/c1-21-13(20)18-4-2-17(3-5-18)12(19)9-6-8(16)7-10(14)11(9)15/h6-7H,2-5,16H2,1H3. The Balaban J connectivity index is 2.11. The Morgan fingerprint density at radius 3 is 2.29 bits per heavy atom. The van der Waals surface area contributed by atoms with Crippen LogP contribution in [0.15, 0.2) is 12.1 Å². The molecule has 0 saturated carbocycles. The van der Waals surface area contributed by atoms with E-state index in [2.05, 4.69) is 4.74 Å². The molecule has 0 radical (unpaired) electrons. The summed E-state index contributed by atoms with van der Waals surface area (Å²) in [5.74, 6) is -0.251. The van der Waals surface area contributed by atoms with Crippen LogP contribution in [0.3, 0.4) is 0 Å². The Kier molecular flexibility index (Phi) is 4.80. The van der Waals surface area contributed by atoms with Gasteiger partial charge >= 0.3 is 6.09 Å². The highest BCUT2D eigenvalue weighted by molar-refractivity contribution is 6.44. The second-order valence-electron chi connectivity index (χ2n) is 4.61. The summed E-state index contributed by atoms with van der Waals surface area (Å²) in [6.07, 6.45) is -0.396. The smallest absolute Gasteiger partial charge is 0.409 e. The zero-order valence-corrected chi connectivity index (χ0v) is 12.9. The minimum absolute atomic E-state index is 0.186. The van der Waals surface area contributed by atoms with Gasteiger partial charge in [0.25, 0.3) is 5.91 Å². The molecule has 0 unspecified atom stereocenters. The number of halogens is 2. The number of carbonyl (C=O) groups excluding carboxylic acids is 2. The quantitative estimate of drug-likeness (QED) is 0.799. The van der Waals surface area contributed by atoms with Gasteiger partial charge in [0.05, 0.1) is 22.7 Å². The molecule has 0 bridgehead atoms. The number of carbonyl (C=O) groups is 2. The van der Waals surface area contributed by atoms with E-state index in [1.807, 2.05) is 0 Å². The van der Waals surface area contributed by atoms with Gasteiger partial charge in [-0.15, -0.1) is 0 Å². The molecule has 0 spiro atoms. The fourth-order valence-corrected chi connectivity index (χ4v) is 2.57. The van der Waals surface area contributed by atoms with Gasteiger partial charge in [-0.25, -0.2) is 4.79 Å². The first-order valence-corrected chi connectivity index (χ1v) is 7.06. The summed E-state index contributed by atoms with van der Waals surface area (Å²) >= 11 is 12.0. The molecule has 0 aliphatic carbocycles. The van der Waals surface area contributed by atoms with Crippen molar-refractivity contribution in [3.05, 3.63) is 27.7 Å². The number of rotatable bonds is 1. The second kappa shape index (κ2) is 6.41. The molecular weight excluding hydrogens is 317 g/mol. The van der Waals surface area contributed by atoms with E-state index in [0.717, 1.165) is 0 Å². The van der Waals surface area contributed by atoms with Crippen molar-refractivity contribution in [3.63, 3.8) is 0 Å². The van der Waals surface area contributed by atoms with Crippen molar-refractivity contribution in [2.45, 2.75) is 0 Å². The number of hydrogen-bond acceptors (Lipinski definition) is 4. The Morgan fingerprint density at radius 1 is 1.14 bits per heavy atom. The third-order valence-electron chi connectivity index (χ3n) is 3.28. The lowest BCUT2D eigenvalue weighted by Gasteiger charge is -2.34. The van der Waals surface area contributed by atoms with Crippen molar-refractivity contribution in [3.8, 4) is 0 Å². The van der Waals surface area contributed by atoms with E-state index >= 15 is 0 Å². The van der Waals surface area contributed by atoms with E-state index < -0.39 is 6.09 Å². The SMILES string of the molecule is COC(=O)N1CCN(C(=O)c2cc(N)cc(Cl)c2Cl)CC1. The molecule has 1 aromatic carbocycles. The number of benzene rings is 1. The molecule has 1 aliphatic rings. The van der Waals surface area contributed by atoms with Gasteiger partial charge < -0.3 is 20.3 Å². The monoisotopic (exact) mass is 331 g/mol. The van der Waals surface area contributed by atoms with Crippen molar-refractivity contribution >= 4 is 40.9 Å². The highest BCUT2D eigenvalue weighted by atomic mass is 35.5. The minimum atomic E-state index is -0.396. The molecule has 2 amide bonds. The summed E-state index contributed by atoms with van der Waals surface area (Å²) in [7, 11) is 1.33. The van der Waals surface area contributed by atoms with Crippen LogP contribution >= 0.6 is 23.2 Å². The molecule has 1 fully saturated rings. The normalized spacial score (nSPS) is 15.0. The molecule has 1 aliphatic heterocycles. The highest BCUT2D eigenvalue weighted by Gasteiger charge is 2.26. The summed E-state index contributed by atoms with van der Waals surface area (Å²) in [5.41, 5.74) is 6.34. The van der Waals surface area contributed by atoms with Crippen molar-refractivity contribution in [2.24, 2.45) is 0 Å². The van der Waals surface area contributed by atoms with Gasteiger partial charge in [-0.2, -0.15) is 0 Å². The molecule has 0 aromatic heterocycles. The summed E-state index contributed by atoms with van der Waals surface area (Å²) in [4.78, 5) is 27.0. The number of anilines is 1. The zero-order chi connectivity index (χ0) is 15.6. The number of methoxy groups -OCH3 is 1. The first-order chi connectivity index (χ1) is 9.93. The molecule has 2 N–H and O–H groups in total. The molecular formula is C13H15Cl2N3O3. The predicted molar refractivity (Wildman–Crippen MR) is 80.8 cm³/mol. The van der Waals surface area contributed by atoms with E-state index in [1.54, 1.807) is 4.90 Å². The Bertz CT molecular complexity index is 572. The lowest BCUT2D eigenvalue weighted by Crippen LogP contribution is -2.50. The van der Waals surface area contributed by atoms with Crippen molar-refractivity contribution in [2.75, 3.05) is 39.0 Å². The third kappa shape index (κ3) is 3.33. The van der Waals surface area contributed by atoms with Crippen LogP contribution in [0.2, 0.25) is 10.0 Å². The number of piperazine rings is 1. The predicted octanol–water partition coefficient (Wildman–Crippen LogP) is 2.10. The maximum atomic E-state index is 12.5. The first kappa shape index (κ1) is 15.7. The summed E-state index contributed by atoms with van der Waals surface area (Å²) < 4.78 is 4.65. The fraction of sp³-hybridized carbons (Fsp3) is 0.385. The summed E-state index contributed by atoms with van der Waals surface area (Å²) in [5, 5.41) is 0.430. The van der Waals surface area contributed by atoms with E-state index in [1.165, 1.54) is 24.1 Å². The lowest BCUT2D eigenvalue weighted by molar-refractivity contribution is 0.0600. The van der Waals surface area contributed by atoms with Crippen LogP contribution in [0, 0.1) is 0 Å². The fourth-order valence-electron chi connectivity index (χ4n) is 2.16. The maximum Gasteiger partial charge on any atom is 0.409 e. The van der Waals surface area contributed by atoms with Gasteiger partial charge in [0.1, 0.15) is 0 Å². The summed E-state index contributed by atoms with van der Waals surface area (Å²) in [6.45, 7) is 1.62. The van der Waals surface area contributed by atoms with Crippen LogP contribution in [0.25, 0.3) is 0 Å². The zero-order valence-electron chi connectivity index (χ0n) is 11.4. The average molecular weight is 332 g/mol. The van der Waals surface area contributed by atoms with Crippen LogP contribution in [0.4, 0.5) is 10.5 Å². The van der Waals surface area contributed by atoms with Crippen LogP contribution in [0.1, 0.15) is 10.4 Å². The molecule has 21 heavy (non-hydrogen) atoms. The van der Waals surface area contributed by atoms with E-state index in [9.17, 15) is 9.59 Å². The Labute approximate surface area is 132 Å². The van der Waals surface area contributed by atoms with Crippen LogP contribution in [0.5, 0.6) is 0 Å². The first-order valence-electron chi connectivity index (χ1n) is 6.30. The topological polar surface area (TPSA) is 75.9 Å². The second-order valence-corrected chi connectivity index (χ2v) is 5.40. The molecule has 114 valence electrons. The van der Waals surface area contributed by atoms with Crippen LogP contribution in [-0.2, 0) is 4.74 Å². The van der Waals surface area contributed by atoms with Gasteiger partial charge in [-0.3, -0.25) is 4.79 Å². The van der Waals surface area contributed by atoms with Gasteiger partial charge in [0.15, 0.2) is 0 Å². The number of nitrogen functional groups attached to an aromatic ring is 1. The average Bonchev–Trinajstić information content (AvgIpc) is 2.49. The molecule has 1 aromatic rings. The number of ether oxygens (including phenoxy) is 1. The number of amides is 2. The van der Waals surface area contributed by atoms with Crippen molar-refractivity contribution in [1.82, 2.24) is 9.80 Å². The van der Waals surface area contributed by atoms with E-state index in [0.29, 0.717) is 31.9 Å². The molecule has 0 atom stereocenters. The largest absolute Gasteiger partial charge is 0.453 e. The summed E-state index contributed by atoms with van der Waals surface area (Å²) in [6, 6.07) is 3.00. The van der Waals surface area contributed by atoms with Crippen LogP contribution in [-0.4, -0.2) is 55.1 Å². The third-order valence-corrected chi connectivity index (χ3v) is 4.08.